The van der Waals surface area contributed by atoms with Crippen LogP contribution in [0.1, 0.15) is 32.4 Å². The van der Waals surface area contributed by atoms with Crippen molar-refractivity contribution in [2.45, 2.75) is 51.2 Å². The number of nitrogens with one attached hydrogen (secondary N) is 3. The Hall–Kier alpha value is -3.15. The predicted octanol–water partition coefficient (Wildman–Crippen LogP) is -1.96. The number of H-pyrrole nitrogens is 1. The van der Waals surface area contributed by atoms with Gasteiger partial charge in [-0.3, -0.25) is 14.6 Å². The molecule has 0 radical (unpaired) electrons. The maximum absolute atomic E-state index is 12.7. The van der Waals surface area contributed by atoms with Gasteiger partial charge in [-0.25, -0.2) is 9.78 Å². The van der Waals surface area contributed by atoms with Crippen molar-refractivity contribution in [3.05, 3.63) is 18.2 Å². The summed E-state index contributed by atoms with van der Waals surface area (Å²) in [6.07, 6.45) is 3.52. The second kappa shape index (κ2) is 11.6. The van der Waals surface area contributed by atoms with Gasteiger partial charge in [0.2, 0.25) is 11.8 Å². The number of carboxylic acid groups (broad SMARTS) is 1. The fraction of sp³-hybridized carbons (Fsp3) is 0.588. The maximum Gasteiger partial charge on any atom is 0.326 e. The fourth-order valence-electron chi connectivity index (χ4n) is 2.43. The normalized spacial score (nSPS) is 13.9. The summed E-state index contributed by atoms with van der Waals surface area (Å²) in [6.45, 7) is 3.80. The lowest BCUT2D eigenvalue weighted by atomic mass is 10.0. The zero-order chi connectivity index (χ0) is 22.0. The van der Waals surface area contributed by atoms with Gasteiger partial charge in [0.15, 0.2) is 5.96 Å². The number of aliphatic carboxylic acids is 1. The summed E-state index contributed by atoms with van der Waals surface area (Å²) in [5.41, 5.74) is 16.9. The molecular formula is C17H30N8O4. The zero-order valence-electron chi connectivity index (χ0n) is 16.6. The van der Waals surface area contributed by atoms with E-state index in [2.05, 4.69) is 25.6 Å². The highest BCUT2D eigenvalue weighted by Crippen LogP contribution is 2.05. The molecule has 0 spiro atoms. The number of nitrogens with zero attached hydrogens (tertiary/aromatic N) is 2. The van der Waals surface area contributed by atoms with E-state index >= 15 is 0 Å². The monoisotopic (exact) mass is 410 g/mol. The Morgan fingerprint density at radius 2 is 1.86 bits per heavy atom. The lowest BCUT2D eigenvalue weighted by Crippen LogP contribution is -2.56. The SMILES string of the molecule is CC(C)C(N)C(=O)NC(Cc1cnc[nH]1)C(=O)NC(CCCN=C(N)N)C(=O)O. The molecule has 0 saturated heterocycles. The molecule has 1 aromatic heterocycles. The number of carbonyl (C=O) groups is 3. The molecule has 0 aromatic carbocycles. The van der Waals surface area contributed by atoms with Gasteiger partial charge in [0, 0.05) is 24.9 Å². The molecule has 3 atom stereocenters. The third-order valence-corrected chi connectivity index (χ3v) is 4.19. The number of nitrogens with two attached hydrogens (primary N) is 3. The standard InChI is InChI=1S/C17H30N8O4/c1-9(2)13(18)15(27)25-12(6-10-7-21-8-23-10)14(26)24-11(16(28)29)4-3-5-22-17(19)20/h7-9,11-13H,3-6,18H2,1-2H3,(H,21,23)(H,24,26)(H,25,27)(H,28,29)(H4,19,20,22). The van der Waals surface area contributed by atoms with Crippen LogP contribution in [-0.2, 0) is 20.8 Å². The highest BCUT2D eigenvalue weighted by Gasteiger charge is 2.29. The molecule has 12 nitrogen and oxygen atoms in total. The van der Waals surface area contributed by atoms with Gasteiger partial charge in [-0.1, -0.05) is 13.8 Å². The number of rotatable bonds is 12. The van der Waals surface area contributed by atoms with Crippen LogP contribution in [0.5, 0.6) is 0 Å². The molecule has 162 valence electrons. The Bertz CT molecular complexity index is 700. The van der Waals surface area contributed by atoms with Crippen LogP contribution < -0.4 is 27.8 Å². The van der Waals surface area contributed by atoms with E-state index in [-0.39, 0.29) is 31.3 Å². The molecule has 0 aliphatic carbocycles. The average molecular weight is 410 g/mol. The van der Waals surface area contributed by atoms with Crippen LogP contribution in [0.4, 0.5) is 0 Å². The van der Waals surface area contributed by atoms with Crippen LogP contribution in [-0.4, -0.2) is 63.5 Å². The van der Waals surface area contributed by atoms with Gasteiger partial charge in [-0.2, -0.15) is 0 Å². The summed E-state index contributed by atoms with van der Waals surface area (Å²) in [4.78, 5) is 47.1. The number of hydrogen-bond donors (Lipinski definition) is 7. The van der Waals surface area contributed by atoms with E-state index in [0.717, 1.165) is 0 Å². The zero-order valence-corrected chi connectivity index (χ0v) is 16.6. The Labute approximate surface area is 168 Å². The highest BCUT2D eigenvalue weighted by molar-refractivity contribution is 5.92. The first-order chi connectivity index (χ1) is 13.6. The third kappa shape index (κ3) is 8.60. The molecule has 1 rings (SSSR count). The Morgan fingerprint density at radius 1 is 1.21 bits per heavy atom. The molecule has 0 fully saturated rings. The van der Waals surface area contributed by atoms with Crippen LogP contribution in [0.15, 0.2) is 17.5 Å². The number of imidazole rings is 1. The number of guanidine groups is 1. The fourth-order valence-corrected chi connectivity index (χ4v) is 2.43. The molecule has 12 heteroatoms. The van der Waals surface area contributed by atoms with Crippen LogP contribution in [0.25, 0.3) is 0 Å². The Morgan fingerprint density at radius 3 is 2.38 bits per heavy atom. The van der Waals surface area contributed by atoms with Crippen LogP contribution >= 0.6 is 0 Å². The third-order valence-electron chi connectivity index (χ3n) is 4.19. The molecule has 0 aliphatic rings. The first kappa shape index (κ1) is 23.9. The molecule has 0 bridgehead atoms. The van der Waals surface area contributed by atoms with E-state index in [1.54, 1.807) is 13.8 Å². The molecule has 10 N–H and O–H groups in total. The summed E-state index contributed by atoms with van der Waals surface area (Å²) in [7, 11) is 0. The van der Waals surface area contributed by atoms with Crippen molar-refractivity contribution in [1.82, 2.24) is 20.6 Å². The number of amides is 2. The van der Waals surface area contributed by atoms with Crippen LogP contribution in [0.2, 0.25) is 0 Å². The number of aromatic amines is 1. The van der Waals surface area contributed by atoms with E-state index in [1.165, 1.54) is 12.5 Å². The minimum Gasteiger partial charge on any atom is -0.480 e. The van der Waals surface area contributed by atoms with E-state index in [0.29, 0.717) is 12.1 Å². The van der Waals surface area contributed by atoms with Crippen molar-refractivity contribution < 1.29 is 19.5 Å². The first-order valence-corrected chi connectivity index (χ1v) is 9.23. The molecule has 0 aliphatic heterocycles. The summed E-state index contributed by atoms with van der Waals surface area (Å²) in [6, 6.07) is -2.98. The molecular weight excluding hydrogens is 380 g/mol. The number of hydrogen-bond acceptors (Lipinski definition) is 6. The predicted molar refractivity (Wildman–Crippen MR) is 107 cm³/mol. The van der Waals surface area contributed by atoms with Crippen molar-refractivity contribution in [2.24, 2.45) is 28.1 Å². The molecule has 1 aromatic rings. The van der Waals surface area contributed by atoms with Crippen molar-refractivity contribution in [3.63, 3.8) is 0 Å². The molecule has 29 heavy (non-hydrogen) atoms. The van der Waals surface area contributed by atoms with E-state index in [9.17, 15) is 19.5 Å². The lowest BCUT2D eigenvalue weighted by molar-refractivity contribution is -0.142. The largest absolute Gasteiger partial charge is 0.480 e. The maximum atomic E-state index is 12.7. The van der Waals surface area contributed by atoms with Gasteiger partial charge in [0.25, 0.3) is 0 Å². The summed E-state index contributed by atoms with van der Waals surface area (Å²) in [5, 5.41) is 14.4. The van der Waals surface area contributed by atoms with Gasteiger partial charge in [-0.05, 0) is 18.8 Å². The lowest BCUT2D eigenvalue weighted by Gasteiger charge is -2.23. The minimum atomic E-state index is -1.20. The Balaban J connectivity index is 2.83. The Kier molecular flexibility index (Phi) is 9.59. The highest BCUT2D eigenvalue weighted by atomic mass is 16.4. The van der Waals surface area contributed by atoms with Gasteiger partial charge in [0.05, 0.1) is 12.4 Å². The van der Waals surface area contributed by atoms with Gasteiger partial charge < -0.3 is 37.9 Å². The summed E-state index contributed by atoms with van der Waals surface area (Å²) >= 11 is 0. The number of carboxylic acids is 1. The van der Waals surface area contributed by atoms with E-state index in [4.69, 9.17) is 17.2 Å². The smallest absolute Gasteiger partial charge is 0.326 e. The summed E-state index contributed by atoms with van der Waals surface area (Å²) < 4.78 is 0. The number of aliphatic imine (C=N–C) groups is 1. The van der Waals surface area contributed by atoms with Crippen LogP contribution in [0, 0.1) is 5.92 Å². The molecule has 2 amide bonds. The van der Waals surface area contributed by atoms with E-state index in [1.807, 2.05) is 0 Å². The number of aromatic nitrogens is 2. The van der Waals surface area contributed by atoms with Crippen LogP contribution in [0.3, 0.4) is 0 Å². The van der Waals surface area contributed by atoms with Crippen molar-refractivity contribution in [3.8, 4) is 0 Å². The number of carbonyl (C=O) groups excluding carboxylic acids is 2. The van der Waals surface area contributed by atoms with Crippen molar-refractivity contribution >= 4 is 23.7 Å². The molecule has 1 heterocycles. The average Bonchev–Trinajstić information content (AvgIpc) is 3.15. The summed E-state index contributed by atoms with van der Waals surface area (Å²) in [5.74, 6) is -2.57. The van der Waals surface area contributed by atoms with Gasteiger partial charge in [0.1, 0.15) is 12.1 Å². The molecule has 0 saturated carbocycles. The van der Waals surface area contributed by atoms with Gasteiger partial charge >= 0.3 is 5.97 Å². The van der Waals surface area contributed by atoms with Gasteiger partial charge in [-0.15, -0.1) is 0 Å². The second-order valence-electron chi connectivity index (χ2n) is 6.96. The quantitative estimate of drug-likeness (QED) is 0.116. The topological polar surface area (TPSA) is 215 Å². The van der Waals surface area contributed by atoms with E-state index < -0.39 is 35.9 Å². The first-order valence-electron chi connectivity index (χ1n) is 9.23. The van der Waals surface area contributed by atoms with Crippen molar-refractivity contribution in [2.75, 3.05) is 6.54 Å². The second-order valence-corrected chi connectivity index (χ2v) is 6.96. The minimum absolute atomic E-state index is 0.0928. The van der Waals surface area contributed by atoms with Crippen molar-refractivity contribution in [1.29, 1.82) is 0 Å². The molecule has 3 unspecified atom stereocenters.